The highest BCUT2D eigenvalue weighted by Crippen LogP contribution is 2.30. The van der Waals surface area contributed by atoms with Crippen LogP contribution in [0.3, 0.4) is 0 Å². The number of nitrogens with zero attached hydrogens (tertiary/aromatic N) is 1. The highest BCUT2D eigenvalue weighted by Gasteiger charge is 2.20. The van der Waals surface area contributed by atoms with E-state index >= 15 is 0 Å². The van der Waals surface area contributed by atoms with Crippen LogP contribution in [0.1, 0.15) is 47.4 Å². The number of hydrogen-bond acceptors (Lipinski definition) is 5. The lowest BCUT2D eigenvalue weighted by atomic mass is 9.90. The predicted molar refractivity (Wildman–Crippen MR) is 150 cm³/mol. The Bertz CT molecular complexity index is 1540. The Kier molecular flexibility index (Phi) is 8.14. The fourth-order valence-electron chi connectivity index (χ4n) is 4.28. The van der Waals surface area contributed by atoms with E-state index in [0.717, 1.165) is 39.5 Å². The molecule has 1 aromatic heterocycles. The summed E-state index contributed by atoms with van der Waals surface area (Å²) in [6.07, 6.45) is 5.10. The van der Waals surface area contributed by atoms with Gasteiger partial charge in [-0.15, -0.1) is 0 Å². The van der Waals surface area contributed by atoms with Crippen LogP contribution in [0.15, 0.2) is 78.9 Å². The minimum absolute atomic E-state index is 0.403. The van der Waals surface area contributed by atoms with Crippen molar-refractivity contribution in [3.8, 4) is 0 Å². The molecular formula is C30H29ClNO4S-. The molecule has 1 N–H and O–H groups in total. The zero-order valence-electron chi connectivity index (χ0n) is 20.8. The largest absolute Gasteiger partial charge is 0.418 e. The van der Waals surface area contributed by atoms with E-state index < -0.39 is 21.8 Å². The summed E-state index contributed by atoms with van der Waals surface area (Å²) in [5.41, 5.74) is 3.55. The molecular weight excluding hydrogens is 506 g/mol. The zero-order chi connectivity index (χ0) is 26.6. The van der Waals surface area contributed by atoms with Crippen molar-refractivity contribution in [1.29, 1.82) is 0 Å². The smallest absolute Gasteiger partial charge is 0.264 e. The predicted octanol–water partition coefficient (Wildman–Crippen LogP) is 6.75. The molecule has 192 valence electrons. The Morgan fingerprint density at radius 2 is 1.81 bits per heavy atom. The van der Waals surface area contributed by atoms with Gasteiger partial charge in [0, 0.05) is 10.4 Å². The molecule has 0 aliphatic heterocycles. The van der Waals surface area contributed by atoms with E-state index in [1.807, 2.05) is 91.0 Å². The summed E-state index contributed by atoms with van der Waals surface area (Å²) >= 11 is 6.10. The Morgan fingerprint density at radius 3 is 2.57 bits per heavy atom. The van der Waals surface area contributed by atoms with Crippen LogP contribution in [0.2, 0.25) is 5.02 Å². The summed E-state index contributed by atoms with van der Waals surface area (Å²) in [6, 6.07) is 24.6. The summed E-state index contributed by atoms with van der Waals surface area (Å²) in [4.78, 5) is 4.65. The number of fused-ring (bicyclic) bond motifs is 1. The first-order valence-corrected chi connectivity index (χ1v) is 14.1. The third kappa shape index (κ3) is 7.49. The van der Waals surface area contributed by atoms with E-state index in [-0.39, 0.29) is 0 Å². The standard InChI is InChI=1S/C30H29ClNO4S/c1-30(2,33)27-10-5-4-8-22(27)14-18-29(36-37(3,34)35)24-9-6-7-21(19-24)11-16-26-17-13-23-12-15-25(31)20-28(23)32-26/h4-13,15-17,19-20,29,33H,1,14,18H2,2-3H3/q-1/b16-11+. The summed E-state index contributed by atoms with van der Waals surface area (Å²) in [5, 5.41) is 12.1. The molecule has 0 aliphatic carbocycles. The van der Waals surface area contributed by atoms with Gasteiger partial charge >= 0.3 is 0 Å². The molecule has 0 bridgehead atoms. The molecule has 5 nitrogen and oxygen atoms in total. The Hall–Kier alpha value is -3.03. The molecule has 4 aromatic rings. The van der Waals surface area contributed by atoms with E-state index in [1.165, 1.54) is 0 Å². The molecule has 0 aliphatic rings. The van der Waals surface area contributed by atoms with Crippen molar-refractivity contribution in [3.05, 3.63) is 119 Å². The maximum Gasteiger partial charge on any atom is 0.264 e. The molecule has 7 heteroatoms. The van der Waals surface area contributed by atoms with Crippen molar-refractivity contribution in [2.45, 2.75) is 31.5 Å². The van der Waals surface area contributed by atoms with Gasteiger partial charge in [0.1, 0.15) is 6.10 Å². The number of hydrogen-bond donors (Lipinski definition) is 1. The van der Waals surface area contributed by atoms with Crippen molar-refractivity contribution >= 4 is 44.8 Å². The molecule has 0 spiro atoms. The van der Waals surface area contributed by atoms with Crippen LogP contribution in [0.5, 0.6) is 0 Å². The van der Waals surface area contributed by atoms with Crippen molar-refractivity contribution in [3.63, 3.8) is 0 Å². The van der Waals surface area contributed by atoms with Crippen LogP contribution in [0, 0.1) is 6.92 Å². The average molecular weight is 535 g/mol. The Balaban J connectivity index is 1.58. The minimum Gasteiger partial charge on any atom is -0.418 e. The van der Waals surface area contributed by atoms with Crippen LogP contribution in [0.25, 0.3) is 23.1 Å². The Morgan fingerprint density at radius 1 is 1.05 bits per heavy atom. The van der Waals surface area contributed by atoms with Crippen LogP contribution in [-0.4, -0.2) is 24.8 Å². The number of aliphatic hydroxyl groups is 1. The van der Waals surface area contributed by atoms with Gasteiger partial charge in [-0.2, -0.15) is 8.42 Å². The molecule has 3 aromatic carbocycles. The highest BCUT2D eigenvalue weighted by molar-refractivity contribution is 7.86. The van der Waals surface area contributed by atoms with Crippen LogP contribution >= 0.6 is 11.6 Å². The number of halogens is 1. The lowest BCUT2D eigenvalue weighted by Crippen LogP contribution is -2.19. The normalized spacial score (nSPS) is 14.6. The maximum absolute atomic E-state index is 12.1. The van der Waals surface area contributed by atoms with Gasteiger partial charge in [-0.3, -0.25) is 4.18 Å². The molecule has 0 radical (unpaired) electrons. The van der Waals surface area contributed by atoms with E-state index in [4.69, 9.17) is 15.8 Å². The molecule has 37 heavy (non-hydrogen) atoms. The number of aromatic nitrogens is 1. The molecule has 4 rings (SSSR count). The van der Waals surface area contributed by atoms with Gasteiger partial charge in [-0.1, -0.05) is 79.2 Å². The van der Waals surface area contributed by atoms with E-state index in [2.05, 4.69) is 11.9 Å². The minimum atomic E-state index is -3.71. The van der Waals surface area contributed by atoms with Gasteiger partial charge < -0.3 is 12.0 Å². The number of aryl methyl sites for hydroxylation is 1. The fraction of sp³-hybridized carbons (Fsp3) is 0.200. The molecule has 0 fully saturated rings. The summed E-state index contributed by atoms with van der Waals surface area (Å²) in [5.74, 6) is 0. The second-order valence-electron chi connectivity index (χ2n) is 9.34. The second kappa shape index (κ2) is 11.2. The molecule has 0 saturated heterocycles. The van der Waals surface area contributed by atoms with Crippen LogP contribution in [-0.2, 0) is 26.3 Å². The van der Waals surface area contributed by atoms with E-state index in [9.17, 15) is 13.5 Å². The van der Waals surface area contributed by atoms with E-state index in [1.54, 1.807) is 6.92 Å². The zero-order valence-corrected chi connectivity index (χ0v) is 22.3. The van der Waals surface area contributed by atoms with Crippen molar-refractivity contribution < 1.29 is 17.7 Å². The SMILES string of the molecule is [CH2-]C(C)(O)c1ccccc1CCC(OS(C)(=O)=O)c1cccc(/C=C/c2ccc3ccc(Cl)cc3n2)c1. The molecule has 2 unspecified atom stereocenters. The van der Waals surface area contributed by atoms with Gasteiger partial charge in [0.05, 0.1) is 17.5 Å². The van der Waals surface area contributed by atoms with Crippen molar-refractivity contribution in [2.24, 2.45) is 0 Å². The third-order valence-corrected chi connectivity index (χ3v) is 6.79. The van der Waals surface area contributed by atoms with E-state index in [0.29, 0.717) is 23.4 Å². The second-order valence-corrected chi connectivity index (χ2v) is 11.4. The van der Waals surface area contributed by atoms with Crippen LogP contribution in [0.4, 0.5) is 0 Å². The fourth-order valence-corrected chi connectivity index (χ4v) is 5.07. The first-order chi connectivity index (χ1) is 17.5. The van der Waals surface area contributed by atoms with Gasteiger partial charge in [0.2, 0.25) is 0 Å². The summed E-state index contributed by atoms with van der Waals surface area (Å²) in [7, 11) is -3.71. The average Bonchev–Trinajstić information content (AvgIpc) is 2.84. The quantitative estimate of drug-likeness (QED) is 0.190. The van der Waals surface area contributed by atoms with Gasteiger partial charge in [0.25, 0.3) is 10.1 Å². The number of rotatable bonds is 9. The van der Waals surface area contributed by atoms with Crippen molar-refractivity contribution in [2.75, 3.05) is 6.26 Å². The number of pyridine rings is 1. The third-order valence-electron chi connectivity index (χ3n) is 5.97. The summed E-state index contributed by atoms with van der Waals surface area (Å²) in [6.45, 7) is 5.46. The van der Waals surface area contributed by atoms with Gasteiger partial charge in [-0.25, -0.2) is 4.98 Å². The summed E-state index contributed by atoms with van der Waals surface area (Å²) < 4.78 is 29.6. The van der Waals surface area contributed by atoms with Gasteiger partial charge in [-0.05, 0) is 71.0 Å². The number of benzene rings is 3. The monoisotopic (exact) mass is 534 g/mol. The topological polar surface area (TPSA) is 76.5 Å². The maximum atomic E-state index is 12.1. The highest BCUT2D eigenvalue weighted by atomic mass is 35.5. The lowest BCUT2D eigenvalue weighted by Gasteiger charge is -2.29. The molecule has 1 heterocycles. The molecule has 2 atom stereocenters. The molecule has 0 amide bonds. The van der Waals surface area contributed by atoms with Crippen LogP contribution < -0.4 is 0 Å². The lowest BCUT2D eigenvalue weighted by molar-refractivity contribution is 0.106. The van der Waals surface area contributed by atoms with Crippen molar-refractivity contribution in [1.82, 2.24) is 4.98 Å². The first kappa shape index (κ1) is 27.0. The first-order valence-electron chi connectivity index (χ1n) is 11.9. The Labute approximate surface area is 223 Å². The molecule has 0 saturated carbocycles. The van der Waals surface area contributed by atoms with Gasteiger partial charge in [0.15, 0.2) is 0 Å².